The van der Waals surface area contributed by atoms with Crippen LogP contribution in [0.5, 0.6) is 0 Å². The monoisotopic (exact) mass is 283 g/mol. The zero-order chi connectivity index (χ0) is 13.3. The summed E-state index contributed by atoms with van der Waals surface area (Å²) in [5.41, 5.74) is 0.173. The number of ether oxygens (including phenoxy) is 1. The van der Waals surface area contributed by atoms with Crippen molar-refractivity contribution in [3.8, 4) is 0 Å². The summed E-state index contributed by atoms with van der Waals surface area (Å²) >= 11 is 2.04. The van der Waals surface area contributed by atoms with Crippen LogP contribution in [-0.2, 0) is 9.53 Å². The quantitative estimate of drug-likeness (QED) is 0.779. The summed E-state index contributed by atoms with van der Waals surface area (Å²) < 4.78 is 6.11. The molecule has 2 aliphatic heterocycles. The lowest BCUT2D eigenvalue weighted by molar-refractivity contribution is -0.122. The predicted molar refractivity (Wildman–Crippen MR) is 78.7 cm³/mol. The molecule has 2 unspecified atom stereocenters. The molecule has 19 heavy (non-hydrogen) atoms. The van der Waals surface area contributed by atoms with Crippen LogP contribution in [0.15, 0.2) is 0 Å². The van der Waals surface area contributed by atoms with E-state index in [1.165, 1.54) is 24.3 Å². The number of carbonyl (C=O) groups is 1. The average Bonchev–Trinajstić information content (AvgIpc) is 2.87. The van der Waals surface area contributed by atoms with E-state index in [1.54, 1.807) is 0 Å². The molecule has 2 heterocycles. The fourth-order valence-corrected chi connectivity index (χ4v) is 5.22. The van der Waals surface area contributed by atoms with Crippen molar-refractivity contribution in [2.75, 3.05) is 25.2 Å². The highest BCUT2D eigenvalue weighted by Gasteiger charge is 2.42. The van der Waals surface area contributed by atoms with Gasteiger partial charge in [0.2, 0.25) is 0 Å². The van der Waals surface area contributed by atoms with Gasteiger partial charge < -0.3 is 9.64 Å². The first kappa shape index (κ1) is 13.9. The normalized spacial score (nSPS) is 37.4. The smallest absolute Gasteiger partial charge is 0.133 e. The number of Topliss-reactive ketones (excluding diaryl/α,β-unsaturated/α-hetero) is 1. The summed E-state index contributed by atoms with van der Waals surface area (Å²) in [6.07, 6.45) is 7.29. The van der Waals surface area contributed by atoms with Gasteiger partial charge in [-0.3, -0.25) is 4.79 Å². The van der Waals surface area contributed by atoms with Gasteiger partial charge in [-0.1, -0.05) is 0 Å². The fourth-order valence-electron chi connectivity index (χ4n) is 3.84. The number of thioether (sulfide) groups is 1. The average molecular weight is 283 g/mol. The lowest BCUT2D eigenvalue weighted by Gasteiger charge is -2.44. The summed E-state index contributed by atoms with van der Waals surface area (Å²) in [7, 11) is 2.27. The third-order valence-corrected chi connectivity index (χ3v) is 6.42. The van der Waals surface area contributed by atoms with E-state index in [0.717, 1.165) is 38.7 Å². The number of ketones is 1. The van der Waals surface area contributed by atoms with E-state index in [4.69, 9.17) is 4.74 Å². The Balaban J connectivity index is 1.60. The maximum absolute atomic E-state index is 11.4. The van der Waals surface area contributed by atoms with E-state index in [9.17, 15) is 4.79 Å². The molecule has 0 N–H and O–H groups in total. The van der Waals surface area contributed by atoms with Crippen molar-refractivity contribution < 1.29 is 9.53 Å². The van der Waals surface area contributed by atoms with Gasteiger partial charge in [0.05, 0.1) is 5.60 Å². The molecule has 3 fully saturated rings. The summed E-state index contributed by atoms with van der Waals surface area (Å²) in [6.45, 7) is 0.918. The van der Waals surface area contributed by atoms with Gasteiger partial charge in [0.25, 0.3) is 0 Å². The first-order chi connectivity index (χ1) is 9.19. The number of hydrogen-bond donors (Lipinski definition) is 0. The van der Waals surface area contributed by atoms with Crippen molar-refractivity contribution in [2.24, 2.45) is 0 Å². The number of rotatable bonds is 2. The molecular weight excluding hydrogens is 258 g/mol. The van der Waals surface area contributed by atoms with Crippen molar-refractivity contribution in [3.63, 3.8) is 0 Å². The van der Waals surface area contributed by atoms with Crippen LogP contribution in [0.4, 0.5) is 0 Å². The molecule has 2 saturated heterocycles. The predicted octanol–water partition coefficient (Wildman–Crippen LogP) is 2.48. The molecule has 2 atom stereocenters. The van der Waals surface area contributed by atoms with E-state index in [-0.39, 0.29) is 5.60 Å². The van der Waals surface area contributed by atoms with Gasteiger partial charge in [0.1, 0.15) is 5.78 Å². The number of carbonyl (C=O) groups excluding carboxylic acids is 1. The minimum atomic E-state index is 0.173. The van der Waals surface area contributed by atoms with Crippen molar-refractivity contribution in [1.82, 2.24) is 4.90 Å². The molecule has 0 amide bonds. The molecule has 1 spiro atoms. The SMILES string of the molecule is CN(C1CCC(=O)CC1)C1CCOC2(CCSC2)C1. The standard InChI is InChI=1S/C15H25NO2S/c1-16(12-2-4-14(17)5-3-12)13-6-8-18-15(10-13)7-9-19-11-15/h12-13H,2-11H2,1H3. The van der Waals surface area contributed by atoms with Gasteiger partial charge in [-0.2, -0.15) is 11.8 Å². The van der Waals surface area contributed by atoms with E-state index >= 15 is 0 Å². The third-order valence-electron chi connectivity index (χ3n) is 5.20. The summed E-state index contributed by atoms with van der Waals surface area (Å²) in [5, 5.41) is 0. The second-order valence-electron chi connectivity index (χ2n) is 6.42. The number of hydrogen-bond acceptors (Lipinski definition) is 4. The maximum Gasteiger partial charge on any atom is 0.133 e. The van der Waals surface area contributed by atoms with Crippen molar-refractivity contribution in [3.05, 3.63) is 0 Å². The van der Waals surface area contributed by atoms with Gasteiger partial charge in [-0.15, -0.1) is 0 Å². The third kappa shape index (κ3) is 3.01. The second-order valence-corrected chi connectivity index (χ2v) is 7.52. The lowest BCUT2D eigenvalue weighted by atomic mass is 9.86. The van der Waals surface area contributed by atoms with Crippen LogP contribution in [0.1, 0.15) is 44.9 Å². The molecule has 3 aliphatic rings. The Bertz CT molecular complexity index is 331. The molecule has 3 nitrogen and oxygen atoms in total. The fraction of sp³-hybridized carbons (Fsp3) is 0.933. The summed E-state index contributed by atoms with van der Waals surface area (Å²) in [4.78, 5) is 13.9. The Labute approximate surface area is 120 Å². The Morgan fingerprint density at radius 2 is 2.05 bits per heavy atom. The van der Waals surface area contributed by atoms with E-state index in [2.05, 4.69) is 11.9 Å². The van der Waals surface area contributed by atoms with Crippen molar-refractivity contribution >= 4 is 17.5 Å². The highest BCUT2D eigenvalue weighted by Crippen LogP contribution is 2.40. The molecule has 3 rings (SSSR count). The first-order valence-electron chi connectivity index (χ1n) is 7.64. The van der Waals surface area contributed by atoms with Gasteiger partial charge in [0.15, 0.2) is 0 Å². The summed E-state index contributed by atoms with van der Waals surface area (Å²) in [5.74, 6) is 2.90. The molecule has 0 radical (unpaired) electrons. The maximum atomic E-state index is 11.4. The van der Waals surface area contributed by atoms with Gasteiger partial charge >= 0.3 is 0 Å². The Kier molecular flexibility index (Phi) is 4.20. The second kappa shape index (κ2) is 5.74. The largest absolute Gasteiger partial charge is 0.374 e. The van der Waals surface area contributed by atoms with Crippen molar-refractivity contribution in [2.45, 2.75) is 62.6 Å². The molecule has 108 valence electrons. The lowest BCUT2D eigenvalue weighted by Crippen LogP contribution is -2.51. The van der Waals surface area contributed by atoms with Crippen LogP contribution in [0, 0.1) is 0 Å². The van der Waals surface area contributed by atoms with Crippen LogP contribution in [0.2, 0.25) is 0 Å². The van der Waals surface area contributed by atoms with Crippen molar-refractivity contribution in [1.29, 1.82) is 0 Å². The minimum Gasteiger partial charge on any atom is -0.374 e. The summed E-state index contributed by atoms with van der Waals surface area (Å²) in [6, 6.07) is 1.28. The van der Waals surface area contributed by atoms with E-state index < -0.39 is 0 Å². The van der Waals surface area contributed by atoms with Crippen LogP contribution >= 0.6 is 11.8 Å². The Morgan fingerprint density at radius 1 is 1.26 bits per heavy atom. The molecule has 0 aromatic carbocycles. The topological polar surface area (TPSA) is 29.5 Å². The highest BCUT2D eigenvalue weighted by molar-refractivity contribution is 7.99. The molecule has 0 aromatic heterocycles. The molecule has 0 bridgehead atoms. The van der Waals surface area contributed by atoms with Crippen LogP contribution in [-0.4, -0.2) is 53.5 Å². The minimum absolute atomic E-state index is 0.173. The molecular formula is C15H25NO2S. The van der Waals surface area contributed by atoms with Crippen LogP contribution in [0.25, 0.3) is 0 Å². The zero-order valence-corrected chi connectivity index (χ0v) is 12.7. The van der Waals surface area contributed by atoms with E-state index in [1.807, 2.05) is 11.8 Å². The highest BCUT2D eigenvalue weighted by atomic mass is 32.2. The van der Waals surface area contributed by atoms with Crippen LogP contribution < -0.4 is 0 Å². The molecule has 4 heteroatoms. The van der Waals surface area contributed by atoms with Gasteiger partial charge in [-0.25, -0.2) is 0 Å². The Morgan fingerprint density at radius 3 is 2.74 bits per heavy atom. The Hall–Kier alpha value is -0.0600. The van der Waals surface area contributed by atoms with Crippen LogP contribution in [0.3, 0.4) is 0 Å². The first-order valence-corrected chi connectivity index (χ1v) is 8.79. The van der Waals surface area contributed by atoms with Gasteiger partial charge in [-0.05, 0) is 44.9 Å². The van der Waals surface area contributed by atoms with Gasteiger partial charge in [0, 0.05) is 37.3 Å². The van der Waals surface area contributed by atoms with E-state index in [0.29, 0.717) is 17.9 Å². The molecule has 0 aromatic rings. The number of nitrogens with zero attached hydrogens (tertiary/aromatic N) is 1. The molecule has 1 aliphatic carbocycles. The zero-order valence-electron chi connectivity index (χ0n) is 11.9. The molecule has 1 saturated carbocycles.